The molecule has 9 N–H and O–H groups in total. The highest BCUT2D eigenvalue weighted by molar-refractivity contribution is 5.81. The molecule has 1 aliphatic carbocycles. The van der Waals surface area contributed by atoms with Crippen molar-refractivity contribution in [1.29, 1.82) is 0 Å². The number of aliphatic hydroxyl groups is 5. The molecule has 2 aliphatic rings. The molecule has 0 bridgehead atoms. The molecule has 1 saturated heterocycles. The van der Waals surface area contributed by atoms with Crippen LogP contribution in [0.5, 0.6) is 46.0 Å². The van der Waals surface area contributed by atoms with Gasteiger partial charge in [0.05, 0.1) is 65.6 Å². The molecule has 6 rings (SSSR count). The second-order valence-electron chi connectivity index (χ2n) is 14.0. The van der Waals surface area contributed by atoms with E-state index in [1.165, 1.54) is 58.8 Å². The smallest absolute Gasteiger partial charge is 0.165 e. The Balaban J connectivity index is 1.48. The molecule has 4 aromatic rings. The average molecular weight is 751 g/mol. The second kappa shape index (κ2) is 15.1. The SMILES string of the molecule is COc1ccc(C[C@@]2(O)CO[C@H](c3cc(OC)c(O)c(-c4cc([C@H]5c6cc(O)c(OC)cc6C[C@@](O)(CO)[C@@H]5CO)cc(OC)c4O)c3)[C@@H]2CO)cc1O. The van der Waals surface area contributed by atoms with E-state index >= 15 is 0 Å². The molecule has 1 heterocycles. The summed E-state index contributed by atoms with van der Waals surface area (Å²) >= 11 is 0. The molecular formula is C40H46O14. The van der Waals surface area contributed by atoms with Crippen molar-refractivity contribution in [2.45, 2.75) is 36.1 Å². The molecule has 0 radical (unpaired) electrons. The minimum atomic E-state index is -1.80. The lowest BCUT2D eigenvalue weighted by atomic mass is 9.64. The molecule has 1 fully saturated rings. The number of aromatic hydroxyl groups is 4. The van der Waals surface area contributed by atoms with Crippen LogP contribution in [-0.4, -0.2) is 112 Å². The number of fused-ring (bicyclic) bond motifs is 1. The number of rotatable bonds is 12. The summed E-state index contributed by atoms with van der Waals surface area (Å²) in [5.74, 6) is -3.42. The van der Waals surface area contributed by atoms with Crippen molar-refractivity contribution in [3.05, 3.63) is 82.4 Å². The molecule has 6 atom stereocenters. The highest BCUT2D eigenvalue weighted by Gasteiger charge is 2.50. The zero-order valence-corrected chi connectivity index (χ0v) is 30.3. The van der Waals surface area contributed by atoms with Crippen molar-refractivity contribution in [2.75, 3.05) is 54.9 Å². The van der Waals surface area contributed by atoms with Crippen LogP contribution in [0.1, 0.15) is 39.8 Å². The first-order valence-corrected chi connectivity index (χ1v) is 17.3. The van der Waals surface area contributed by atoms with Gasteiger partial charge in [-0.25, -0.2) is 0 Å². The van der Waals surface area contributed by atoms with Gasteiger partial charge in [-0.1, -0.05) is 6.07 Å². The molecule has 14 nitrogen and oxygen atoms in total. The number of methoxy groups -OCH3 is 4. The number of ether oxygens (including phenoxy) is 5. The summed E-state index contributed by atoms with van der Waals surface area (Å²) in [7, 11) is 5.48. The zero-order chi connectivity index (χ0) is 39.1. The van der Waals surface area contributed by atoms with Gasteiger partial charge in [0.15, 0.2) is 46.0 Å². The van der Waals surface area contributed by atoms with E-state index in [1.807, 2.05) is 0 Å². The first-order valence-electron chi connectivity index (χ1n) is 17.3. The molecule has 0 aromatic heterocycles. The van der Waals surface area contributed by atoms with Crippen LogP contribution in [0, 0.1) is 11.8 Å². The molecule has 0 unspecified atom stereocenters. The largest absolute Gasteiger partial charge is 0.504 e. The van der Waals surface area contributed by atoms with Gasteiger partial charge in [-0.2, -0.15) is 0 Å². The van der Waals surface area contributed by atoms with Crippen molar-refractivity contribution in [3.8, 4) is 57.1 Å². The summed E-state index contributed by atoms with van der Waals surface area (Å²) in [6, 6.07) is 13.9. The number of hydrogen-bond acceptors (Lipinski definition) is 14. The van der Waals surface area contributed by atoms with Crippen LogP contribution < -0.4 is 18.9 Å². The minimum absolute atomic E-state index is 0.00926. The van der Waals surface area contributed by atoms with Crippen LogP contribution in [0.25, 0.3) is 11.1 Å². The Hall–Kier alpha value is -4.96. The number of phenolic OH excluding ortho intramolecular Hbond substituents is 4. The maximum atomic E-state index is 11.8. The highest BCUT2D eigenvalue weighted by Crippen LogP contribution is 2.53. The van der Waals surface area contributed by atoms with Gasteiger partial charge in [-0.05, 0) is 76.3 Å². The molecular weight excluding hydrogens is 704 g/mol. The number of benzene rings is 4. The first kappa shape index (κ1) is 38.8. The van der Waals surface area contributed by atoms with Crippen LogP contribution in [0.2, 0.25) is 0 Å². The lowest BCUT2D eigenvalue weighted by Crippen LogP contribution is -2.51. The van der Waals surface area contributed by atoms with Crippen molar-refractivity contribution in [2.24, 2.45) is 11.8 Å². The molecule has 0 spiro atoms. The number of aliphatic hydroxyl groups excluding tert-OH is 3. The zero-order valence-electron chi connectivity index (χ0n) is 30.3. The predicted molar refractivity (Wildman–Crippen MR) is 194 cm³/mol. The number of hydrogen-bond donors (Lipinski definition) is 9. The topological polar surface area (TPSA) is 228 Å². The summed E-state index contributed by atoms with van der Waals surface area (Å²) in [6.07, 6.45) is -0.960. The maximum absolute atomic E-state index is 11.8. The molecule has 0 saturated carbocycles. The normalized spacial score (nSPS) is 24.9. The van der Waals surface area contributed by atoms with Crippen LogP contribution in [0.3, 0.4) is 0 Å². The molecule has 4 aromatic carbocycles. The third-order valence-corrected chi connectivity index (χ3v) is 11.0. The van der Waals surface area contributed by atoms with E-state index in [0.717, 1.165) is 0 Å². The summed E-state index contributed by atoms with van der Waals surface area (Å²) in [6.45, 7) is -1.94. The van der Waals surface area contributed by atoms with Crippen LogP contribution in [0.4, 0.5) is 0 Å². The fraction of sp³-hybridized carbons (Fsp3) is 0.400. The summed E-state index contributed by atoms with van der Waals surface area (Å²) in [4.78, 5) is 0. The van der Waals surface area contributed by atoms with Crippen LogP contribution in [-0.2, 0) is 17.6 Å². The third-order valence-electron chi connectivity index (χ3n) is 11.0. The third kappa shape index (κ3) is 6.59. The van der Waals surface area contributed by atoms with Gasteiger partial charge < -0.3 is 69.6 Å². The molecule has 0 amide bonds. The Bertz CT molecular complexity index is 2020. The lowest BCUT2D eigenvalue weighted by Gasteiger charge is -2.44. The summed E-state index contributed by atoms with van der Waals surface area (Å²) in [5.41, 5.74) is -0.852. The van der Waals surface area contributed by atoms with Gasteiger partial charge in [0.25, 0.3) is 0 Å². The van der Waals surface area contributed by atoms with Gasteiger partial charge in [0.2, 0.25) is 0 Å². The lowest BCUT2D eigenvalue weighted by molar-refractivity contribution is -0.0875. The average Bonchev–Trinajstić information content (AvgIpc) is 3.49. The first-order chi connectivity index (χ1) is 25.8. The van der Waals surface area contributed by atoms with Gasteiger partial charge in [-0.3, -0.25) is 0 Å². The Morgan fingerprint density at radius 1 is 0.648 bits per heavy atom. The van der Waals surface area contributed by atoms with Gasteiger partial charge in [0.1, 0.15) is 0 Å². The fourth-order valence-corrected chi connectivity index (χ4v) is 8.12. The van der Waals surface area contributed by atoms with E-state index in [-0.39, 0.29) is 76.6 Å². The quantitative estimate of drug-likeness (QED) is 0.102. The fourth-order valence-electron chi connectivity index (χ4n) is 8.12. The van der Waals surface area contributed by atoms with Crippen molar-refractivity contribution >= 4 is 0 Å². The monoisotopic (exact) mass is 750 g/mol. The standard InChI is InChI=1S/C40H46O14/c1-50-31-6-5-20(7-29(31)44)14-40(49)19-54-38(28(40)17-42)22-9-26(37(47)34(11-22)53-4)25-8-21(10-33(52-3)36(25)46)35-24-13-30(45)32(51-2)12-23(24)15-39(48,18-43)27(35)16-41/h5-13,27-28,35,38,41-49H,14-19H2,1-4H3/t27-,28+,35+,38-,39-,40-/m1/s1. The van der Waals surface area contributed by atoms with E-state index in [1.54, 1.807) is 24.3 Å². The van der Waals surface area contributed by atoms with E-state index in [4.69, 9.17) is 23.7 Å². The van der Waals surface area contributed by atoms with E-state index in [2.05, 4.69) is 0 Å². The van der Waals surface area contributed by atoms with Gasteiger partial charge >= 0.3 is 0 Å². The van der Waals surface area contributed by atoms with Crippen molar-refractivity contribution in [1.82, 2.24) is 0 Å². The molecule has 1 aliphatic heterocycles. The number of phenols is 4. The van der Waals surface area contributed by atoms with Gasteiger partial charge in [-0.15, -0.1) is 0 Å². The van der Waals surface area contributed by atoms with E-state index in [0.29, 0.717) is 27.8 Å². The van der Waals surface area contributed by atoms with E-state index < -0.39 is 54.9 Å². The Kier molecular flexibility index (Phi) is 10.8. The van der Waals surface area contributed by atoms with Crippen LogP contribution >= 0.6 is 0 Å². The minimum Gasteiger partial charge on any atom is -0.504 e. The summed E-state index contributed by atoms with van der Waals surface area (Å²) in [5, 5.41) is 99.5. The Labute approximate surface area is 311 Å². The van der Waals surface area contributed by atoms with Crippen molar-refractivity contribution in [3.63, 3.8) is 0 Å². The second-order valence-corrected chi connectivity index (χ2v) is 14.0. The summed E-state index contributed by atoms with van der Waals surface area (Å²) < 4.78 is 27.7. The maximum Gasteiger partial charge on any atom is 0.165 e. The van der Waals surface area contributed by atoms with Crippen molar-refractivity contribution < 1.29 is 69.6 Å². The predicted octanol–water partition coefficient (Wildman–Crippen LogP) is 2.88. The molecule has 290 valence electrons. The Morgan fingerprint density at radius 3 is 1.78 bits per heavy atom. The Morgan fingerprint density at radius 2 is 1.22 bits per heavy atom. The molecule has 14 heteroatoms. The molecule has 54 heavy (non-hydrogen) atoms. The van der Waals surface area contributed by atoms with Gasteiger partial charge in [0, 0.05) is 48.3 Å². The van der Waals surface area contributed by atoms with E-state index in [9.17, 15) is 46.0 Å². The highest BCUT2D eigenvalue weighted by atomic mass is 16.5. The van der Waals surface area contributed by atoms with Crippen LogP contribution in [0.15, 0.2) is 54.6 Å².